The van der Waals surface area contributed by atoms with Gasteiger partial charge in [0.1, 0.15) is 5.82 Å². The highest BCUT2D eigenvalue weighted by molar-refractivity contribution is 6.33. The molecule has 0 saturated heterocycles. The number of pyridine rings is 1. The summed E-state index contributed by atoms with van der Waals surface area (Å²) in [5.41, 5.74) is 1.45. The van der Waals surface area contributed by atoms with Crippen molar-refractivity contribution in [1.29, 1.82) is 0 Å². The summed E-state index contributed by atoms with van der Waals surface area (Å²) in [6.07, 6.45) is 1.46. The number of carbonyl (C=O) groups excluding carboxylic acids is 1. The van der Waals surface area contributed by atoms with Gasteiger partial charge in [0.2, 0.25) is 0 Å². The third kappa shape index (κ3) is 3.45. The topological polar surface area (TPSA) is 54.0 Å². The normalized spacial score (nSPS) is 10.0. The maximum atomic E-state index is 12.1. The number of carbonyl (C=O) groups is 1. The molecule has 1 aromatic heterocycles. The van der Waals surface area contributed by atoms with Gasteiger partial charge in [-0.05, 0) is 11.6 Å². The third-order valence-corrected chi connectivity index (χ3v) is 2.95. The first-order valence-electron chi connectivity index (χ1n) is 5.86. The van der Waals surface area contributed by atoms with Crippen molar-refractivity contribution < 1.29 is 4.79 Å². The molecule has 0 spiro atoms. The fraction of sp³-hybridized carbons (Fsp3) is 0.143. The third-order valence-electron chi connectivity index (χ3n) is 2.65. The Kier molecular flexibility index (Phi) is 4.36. The summed E-state index contributed by atoms with van der Waals surface area (Å²) in [7, 11) is 1.74. The number of halogens is 1. The quantitative estimate of drug-likeness (QED) is 0.902. The molecule has 0 aliphatic rings. The van der Waals surface area contributed by atoms with Crippen molar-refractivity contribution in [2.75, 3.05) is 12.4 Å². The summed E-state index contributed by atoms with van der Waals surface area (Å²) in [4.78, 5) is 16.1. The van der Waals surface area contributed by atoms with E-state index in [1.165, 1.54) is 6.20 Å². The zero-order chi connectivity index (χ0) is 13.7. The molecule has 4 nitrogen and oxygen atoms in total. The molecule has 0 unspecified atom stereocenters. The Balaban J connectivity index is 2.08. The molecule has 5 heteroatoms. The first-order chi connectivity index (χ1) is 9.20. The fourth-order valence-corrected chi connectivity index (χ4v) is 1.81. The van der Waals surface area contributed by atoms with Gasteiger partial charge in [-0.15, -0.1) is 0 Å². The molecule has 0 fully saturated rings. The van der Waals surface area contributed by atoms with Crippen LogP contribution in [0, 0.1) is 0 Å². The molecular weight excluding hydrogens is 262 g/mol. The number of hydrogen-bond acceptors (Lipinski definition) is 3. The van der Waals surface area contributed by atoms with Crippen molar-refractivity contribution in [3.63, 3.8) is 0 Å². The van der Waals surface area contributed by atoms with E-state index in [1.54, 1.807) is 13.1 Å². The zero-order valence-corrected chi connectivity index (χ0v) is 11.2. The molecule has 0 saturated carbocycles. The van der Waals surface area contributed by atoms with Crippen LogP contribution in [0.15, 0.2) is 42.6 Å². The lowest BCUT2D eigenvalue weighted by Crippen LogP contribution is -2.23. The van der Waals surface area contributed by atoms with Crippen LogP contribution in [-0.4, -0.2) is 17.9 Å². The molecule has 0 radical (unpaired) electrons. The summed E-state index contributed by atoms with van der Waals surface area (Å²) < 4.78 is 0. The Morgan fingerprint density at radius 3 is 2.74 bits per heavy atom. The molecular formula is C14H14ClN3O. The first kappa shape index (κ1) is 13.4. The van der Waals surface area contributed by atoms with Crippen LogP contribution in [0.2, 0.25) is 5.02 Å². The van der Waals surface area contributed by atoms with Gasteiger partial charge < -0.3 is 10.6 Å². The monoisotopic (exact) mass is 275 g/mol. The van der Waals surface area contributed by atoms with Gasteiger partial charge in [0.05, 0.1) is 10.6 Å². The number of hydrogen-bond donors (Lipinski definition) is 2. The summed E-state index contributed by atoms with van der Waals surface area (Å²) in [5, 5.41) is 6.04. The van der Waals surface area contributed by atoms with Crippen LogP contribution in [0.25, 0.3) is 0 Å². The molecule has 2 aromatic rings. The number of rotatable bonds is 4. The summed E-state index contributed by atoms with van der Waals surface area (Å²) in [6.45, 7) is 0.465. The average Bonchev–Trinajstić information content (AvgIpc) is 2.46. The molecule has 2 N–H and O–H groups in total. The second-order valence-electron chi connectivity index (χ2n) is 3.97. The molecule has 0 atom stereocenters. The maximum Gasteiger partial charge on any atom is 0.253 e. The van der Waals surface area contributed by atoms with E-state index in [9.17, 15) is 4.79 Å². The van der Waals surface area contributed by atoms with E-state index in [1.807, 2.05) is 30.3 Å². The van der Waals surface area contributed by atoms with Crippen molar-refractivity contribution in [1.82, 2.24) is 10.3 Å². The molecule has 0 aliphatic heterocycles. The van der Waals surface area contributed by atoms with Crippen LogP contribution in [0.4, 0.5) is 5.82 Å². The summed E-state index contributed by atoms with van der Waals surface area (Å²) >= 11 is 5.98. The lowest BCUT2D eigenvalue weighted by Gasteiger charge is -2.08. The highest BCUT2D eigenvalue weighted by Gasteiger charge is 2.11. The Morgan fingerprint density at radius 2 is 2.05 bits per heavy atom. The van der Waals surface area contributed by atoms with E-state index in [2.05, 4.69) is 15.6 Å². The molecule has 98 valence electrons. The van der Waals surface area contributed by atoms with Crippen molar-refractivity contribution >= 4 is 23.3 Å². The summed E-state index contributed by atoms with van der Waals surface area (Å²) in [5.74, 6) is 0.391. The second-order valence-corrected chi connectivity index (χ2v) is 4.37. The fourth-order valence-electron chi connectivity index (χ4n) is 1.62. The van der Waals surface area contributed by atoms with Gasteiger partial charge in [-0.3, -0.25) is 4.79 Å². The SMILES string of the molecule is CNc1cc(C(=O)NCc2ccccc2)c(Cl)cn1. The van der Waals surface area contributed by atoms with Gasteiger partial charge in [0, 0.05) is 19.8 Å². The molecule has 1 heterocycles. The molecule has 0 aliphatic carbocycles. The Morgan fingerprint density at radius 1 is 1.32 bits per heavy atom. The van der Waals surface area contributed by atoms with Gasteiger partial charge in [-0.2, -0.15) is 0 Å². The molecule has 19 heavy (non-hydrogen) atoms. The van der Waals surface area contributed by atoms with E-state index >= 15 is 0 Å². The van der Waals surface area contributed by atoms with Crippen molar-refractivity contribution in [3.05, 3.63) is 58.7 Å². The van der Waals surface area contributed by atoms with Gasteiger partial charge in [0.25, 0.3) is 5.91 Å². The number of nitrogens with one attached hydrogen (secondary N) is 2. The minimum atomic E-state index is -0.215. The standard InChI is InChI=1S/C14H14ClN3O/c1-16-13-7-11(12(15)9-17-13)14(19)18-8-10-5-3-2-4-6-10/h2-7,9H,8H2,1H3,(H,16,17)(H,18,19). The van der Waals surface area contributed by atoms with E-state index in [4.69, 9.17) is 11.6 Å². The smallest absolute Gasteiger partial charge is 0.253 e. The van der Waals surface area contributed by atoms with Crippen molar-refractivity contribution in [2.24, 2.45) is 0 Å². The second kappa shape index (κ2) is 6.20. The largest absolute Gasteiger partial charge is 0.373 e. The van der Waals surface area contributed by atoms with Crippen LogP contribution >= 0.6 is 11.6 Å². The lowest BCUT2D eigenvalue weighted by atomic mass is 10.2. The minimum Gasteiger partial charge on any atom is -0.373 e. The van der Waals surface area contributed by atoms with Crippen LogP contribution in [0.3, 0.4) is 0 Å². The van der Waals surface area contributed by atoms with Gasteiger partial charge in [-0.25, -0.2) is 4.98 Å². The Labute approximate surface area is 116 Å². The first-order valence-corrected chi connectivity index (χ1v) is 6.24. The van der Waals surface area contributed by atoms with E-state index < -0.39 is 0 Å². The predicted octanol–water partition coefficient (Wildman–Crippen LogP) is 2.71. The Hall–Kier alpha value is -2.07. The lowest BCUT2D eigenvalue weighted by molar-refractivity contribution is 0.0951. The molecule has 0 bridgehead atoms. The van der Waals surface area contributed by atoms with Gasteiger partial charge >= 0.3 is 0 Å². The minimum absolute atomic E-state index is 0.215. The van der Waals surface area contributed by atoms with Gasteiger partial charge in [-0.1, -0.05) is 41.9 Å². The van der Waals surface area contributed by atoms with E-state index in [-0.39, 0.29) is 5.91 Å². The zero-order valence-electron chi connectivity index (χ0n) is 10.5. The predicted molar refractivity (Wildman–Crippen MR) is 76.4 cm³/mol. The van der Waals surface area contributed by atoms with Crippen LogP contribution in [0.5, 0.6) is 0 Å². The average molecular weight is 276 g/mol. The van der Waals surface area contributed by atoms with E-state index in [0.29, 0.717) is 22.9 Å². The van der Waals surface area contributed by atoms with Crippen LogP contribution in [0.1, 0.15) is 15.9 Å². The maximum absolute atomic E-state index is 12.1. The molecule has 1 aromatic carbocycles. The Bertz CT molecular complexity index is 572. The van der Waals surface area contributed by atoms with Crippen LogP contribution < -0.4 is 10.6 Å². The highest BCUT2D eigenvalue weighted by atomic mass is 35.5. The number of nitrogens with zero attached hydrogens (tertiary/aromatic N) is 1. The van der Waals surface area contributed by atoms with Crippen molar-refractivity contribution in [3.8, 4) is 0 Å². The van der Waals surface area contributed by atoms with Crippen molar-refractivity contribution in [2.45, 2.75) is 6.54 Å². The number of anilines is 1. The van der Waals surface area contributed by atoms with Gasteiger partial charge in [0.15, 0.2) is 0 Å². The molecule has 2 rings (SSSR count). The number of aromatic nitrogens is 1. The van der Waals surface area contributed by atoms with Crippen LogP contribution in [-0.2, 0) is 6.54 Å². The van der Waals surface area contributed by atoms with E-state index in [0.717, 1.165) is 5.56 Å². The highest BCUT2D eigenvalue weighted by Crippen LogP contribution is 2.17. The number of benzene rings is 1. The number of amides is 1. The summed E-state index contributed by atoms with van der Waals surface area (Å²) in [6, 6.07) is 11.3. The molecule has 1 amide bonds.